The Labute approximate surface area is 156 Å². The van der Waals surface area contributed by atoms with Crippen LogP contribution >= 0.6 is 22.7 Å². The third-order valence-corrected chi connectivity index (χ3v) is 7.82. The Bertz CT molecular complexity index is 980. The minimum atomic E-state index is -3.57. The first kappa shape index (κ1) is 18.3. The van der Waals surface area contributed by atoms with Gasteiger partial charge in [0.25, 0.3) is 0 Å². The highest BCUT2D eigenvalue weighted by Crippen LogP contribution is 2.31. The van der Waals surface area contributed by atoms with Gasteiger partial charge < -0.3 is 0 Å². The Balaban J connectivity index is 1.84. The summed E-state index contributed by atoms with van der Waals surface area (Å²) in [5, 5.41) is 2.95. The van der Waals surface area contributed by atoms with E-state index in [0.29, 0.717) is 4.90 Å². The molecule has 0 radical (unpaired) electrons. The summed E-state index contributed by atoms with van der Waals surface area (Å²) in [7, 11) is -3.57. The lowest BCUT2D eigenvalue weighted by atomic mass is 10.1. The molecule has 0 saturated carbocycles. The fourth-order valence-electron chi connectivity index (χ4n) is 2.92. The summed E-state index contributed by atoms with van der Waals surface area (Å²) >= 11 is 3.17. The molecule has 1 aromatic carbocycles. The van der Waals surface area contributed by atoms with Crippen LogP contribution in [0.4, 0.5) is 0 Å². The zero-order valence-electron chi connectivity index (χ0n) is 14.6. The van der Waals surface area contributed by atoms with E-state index < -0.39 is 10.0 Å². The number of aryl methyl sites for hydroxylation is 4. The van der Waals surface area contributed by atoms with Crippen LogP contribution in [0.25, 0.3) is 9.88 Å². The van der Waals surface area contributed by atoms with Crippen LogP contribution in [-0.2, 0) is 16.6 Å². The van der Waals surface area contributed by atoms with Crippen molar-refractivity contribution in [2.75, 3.05) is 0 Å². The van der Waals surface area contributed by atoms with E-state index in [1.807, 2.05) is 57.3 Å². The minimum absolute atomic E-state index is 0.254. The second-order valence-corrected chi connectivity index (χ2v) is 9.79. The minimum Gasteiger partial charge on any atom is -0.240 e. The quantitative estimate of drug-likeness (QED) is 0.691. The molecule has 0 amide bonds. The second kappa shape index (κ2) is 6.99. The van der Waals surface area contributed by atoms with Crippen molar-refractivity contribution in [3.63, 3.8) is 0 Å². The molecule has 0 atom stereocenters. The summed E-state index contributed by atoms with van der Waals surface area (Å²) in [6, 6.07) is 7.81. The topological polar surface area (TPSA) is 59.1 Å². The molecule has 2 aromatic heterocycles. The highest BCUT2D eigenvalue weighted by atomic mass is 32.2. The molecule has 0 saturated heterocycles. The van der Waals surface area contributed by atoms with Crippen molar-refractivity contribution < 1.29 is 8.42 Å². The molecule has 3 aromatic rings. The largest absolute Gasteiger partial charge is 0.241 e. The first-order chi connectivity index (χ1) is 11.8. The Hall–Kier alpha value is -1.54. The molecular formula is C18H20N2O2S3. The first-order valence-corrected chi connectivity index (χ1v) is 11.0. The van der Waals surface area contributed by atoms with E-state index in [9.17, 15) is 8.42 Å². The number of benzene rings is 1. The number of rotatable bonds is 5. The van der Waals surface area contributed by atoms with Gasteiger partial charge in [-0.05, 0) is 50.3 Å². The van der Waals surface area contributed by atoms with Gasteiger partial charge in [-0.2, -0.15) is 0 Å². The number of hydrogen-bond donors (Lipinski definition) is 1. The molecule has 0 unspecified atom stereocenters. The Morgan fingerprint density at radius 3 is 2.40 bits per heavy atom. The highest BCUT2D eigenvalue weighted by Gasteiger charge is 2.21. The molecule has 0 aliphatic carbocycles. The lowest BCUT2D eigenvalue weighted by Crippen LogP contribution is -2.24. The summed E-state index contributed by atoms with van der Waals surface area (Å²) in [6.45, 7) is 7.81. The number of thiophene rings is 1. The van der Waals surface area contributed by atoms with Gasteiger partial charge in [0.2, 0.25) is 10.0 Å². The Kier molecular flexibility index (Phi) is 5.11. The lowest BCUT2D eigenvalue weighted by molar-refractivity contribution is 0.580. The lowest BCUT2D eigenvalue weighted by Gasteiger charge is -2.12. The fraction of sp³-hybridized carbons (Fsp3) is 0.278. The van der Waals surface area contributed by atoms with E-state index in [1.165, 1.54) is 11.3 Å². The maximum atomic E-state index is 12.8. The molecule has 4 nitrogen and oxygen atoms in total. The van der Waals surface area contributed by atoms with Gasteiger partial charge in [0.05, 0.1) is 15.5 Å². The average molecular weight is 393 g/mol. The average Bonchev–Trinajstić information content (AvgIpc) is 3.13. The monoisotopic (exact) mass is 392 g/mol. The van der Waals surface area contributed by atoms with Gasteiger partial charge in [0.1, 0.15) is 5.01 Å². The number of thiazole rings is 1. The van der Waals surface area contributed by atoms with Crippen LogP contribution in [0.2, 0.25) is 0 Å². The van der Waals surface area contributed by atoms with E-state index in [-0.39, 0.29) is 6.54 Å². The normalized spacial score (nSPS) is 11.8. The van der Waals surface area contributed by atoms with Crippen molar-refractivity contribution in [1.29, 1.82) is 0 Å². The zero-order chi connectivity index (χ0) is 18.2. The Morgan fingerprint density at radius 1 is 1.12 bits per heavy atom. The molecule has 132 valence electrons. The molecule has 3 rings (SSSR count). The molecular weight excluding hydrogens is 372 g/mol. The van der Waals surface area contributed by atoms with Gasteiger partial charge in [-0.15, -0.1) is 22.7 Å². The first-order valence-electron chi connectivity index (χ1n) is 7.85. The number of aromatic nitrogens is 1. The second-order valence-electron chi connectivity index (χ2n) is 6.06. The molecule has 0 aliphatic rings. The van der Waals surface area contributed by atoms with Crippen LogP contribution in [0.3, 0.4) is 0 Å². The summed E-state index contributed by atoms with van der Waals surface area (Å²) in [5.41, 5.74) is 3.47. The van der Waals surface area contributed by atoms with Crippen molar-refractivity contribution in [3.05, 3.63) is 56.9 Å². The van der Waals surface area contributed by atoms with Gasteiger partial charge in [-0.25, -0.2) is 18.1 Å². The molecule has 0 fully saturated rings. The van der Waals surface area contributed by atoms with Crippen LogP contribution in [0.5, 0.6) is 0 Å². The molecule has 0 aliphatic heterocycles. The highest BCUT2D eigenvalue weighted by molar-refractivity contribution is 7.89. The third-order valence-electron chi connectivity index (χ3n) is 3.92. The number of nitrogens with one attached hydrogen (secondary N) is 1. The van der Waals surface area contributed by atoms with Gasteiger partial charge in [0, 0.05) is 11.4 Å². The molecule has 0 spiro atoms. The number of hydrogen-bond acceptors (Lipinski definition) is 5. The molecule has 7 heteroatoms. The maximum Gasteiger partial charge on any atom is 0.241 e. The van der Waals surface area contributed by atoms with E-state index in [4.69, 9.17) is 0 Å². The van der Waals surface area contributed by atoms with Crippen LogP contribution in [0.1, 0.15) is 27.3 Å². The molecule has 0 bridgehead atoms. The van der Waals surface area contributed by atoms with Crippen LogP contribution < -0.4 is 4.72 Å². The summed E-state index contributed by atoms with van der Waals surface area (Å²) in [4.78, 5) is 6.98. The number of nitrogens with zero attached hydrogens (tertiary/aromatic N) is 1. The van der Waals surface area contributed by atoms with Crippen LogP contribution in [0, 0.1) is 27.7 Å². The van der Waals surface area contributed by atoms with Gasteiger partial charge in [-0.3, -0.25) is 0 Å². The van der Waals surface area contributed by atoms with E-state index >= 15 is 0 Å². The Morgan fingerprint density at radius 2 is 1.80 bits per heavy atom. The van der Waals surface area contributed by atoms with Crippen molar-refractivity contribution in [2.24, 2.45) is 0 Å². The summed E-state index contributed by atoms with van der Waals surface area (Å²) in [5.74, 6) is 0. The third kappa shape index (κ3) is 3.84. The van der Waals surface area contributed by atoms with Crippen LogP contribution in [0.15, 0.2) is 34.5 Å². The summed E-state index contributed by atoms with van der Waals surface area (Å²) < 4.78 is 28.3. The fourth-order valence-corrected chi connectivity index (χ4v) is 6.26. The SMILES string of the molecule is Cc1cc(C)c(S(=O)(=O)NCc2sc(-c3cccs3)nc2C)c(C)c1. The van der Waals surface area contributed by atoms with E-state index in [0.717, 1.165) is 37.1 Å². The molecule has 25 heavy (non-hydrogen) atoms. The predicted molar refractivity (Wildman–Crippen MR) is 105 cm³/mol. The van der Waals surface area contributed by atoms with Gasteiger partial charge >= 0.3 is 0 Å². The maximum absolute atomic E-state index is 12.8. The standard InChI is InChI=1S/C18H20N2O2S3/c1-11-8-12(2)17(13(3)9-11)25(21,22)19-10-16-14(4)20-18(24-16)15-6-5-7-23-15/h5-9,19H,10H2,1-4H3. The molecule has 1 N–H and O–H groups in total. The van der Waals surface area contributed by atoms with Gasteiger partial charge in [-0.1, -0.05) is 23.8 Å². The predicted octanol–water partition coefficient (Wildman–Crippen LogP) is 4.58. The number of sulfonamides is 1. The van der Waals surface area contributed by atoms with Crippen molar-refractivity contribution >= 4 is 32.7 Å². The molecule has 2 heterocycles. The van der Waals surface area contributed by atoms with Crippen LogP contribution in [-0.4, -0.2) is 13.4 Å². The summed E-state index contributed by atoms with van der Waals surface area (Å²) in [6.07, 6.45) is 0. The van der Waals surface area contributed by atoms with E-state index in [2.05, 4.69) is 9.71 Å². The zero-order valence-corrected chi connectivity index (χ0v) is 17.0. The van der Waals surface area contributed by atoms with Gasteiger partial charge in [0.15, 0.2) is 0 Å². The van der Waals surface area contributed by atoms with Crippen molar-refractivity contribution in [2.45, 2.75) is 39.1 Å². The van der Waals surface area contributed by atoms with Crippen molar-refractivity contribution in [3.8, 4) is 9.88 Å². The smallest absolute Gasteiger partial charge is 0.240 e. The van der Waals surface area contributed by atoms with Crippen molar-refractivity contribution in [1.82, 2.24) is 9.71 Å². The van der Waals surface area contributed by atoms with E-state index in [1.54, 1.807) is 11.3 Å².